The van der Waals surface area contributed by atoms with Crippen LogP contribution in [0.2, 0.25) is 10.0 Å². The van der Waals surface area contributed by atoms with Crippen molar-refractivity contribution in [3.05, 3.63) is 39.4 Å². The normalized spacial score (nSPS) is 24.2. The van der Waals surface area contributed by atoms with Crippen molar-refractivity contribution in [2.75, 3.05) is 5.32 Å². The summed E-state index contributed by atoms with van der Waals surface area (Å²) in [6.07, 6.45) is 0.612. The first-order valence-corrected chi connectivity index (χ1v) is 9.63. The van der Waals surface area contributed by atoms with Gasteiger partial charge in [-0.25, -0.2) is 4.79 Å². The van der Waals surface area contributed by atoms with E-state index >= 15 is 0 Å². The lowest BCUT2D eigenvalue weighted by atomic mass is 9.82. The molecule has 1 aliphatic rings. The van der Waals surface area contributed by atoms with Crippen LogP contribution in [0.5, 0.6) is 0 Å². The lowest BCUT2D eigenvalue weighted by Gasteiger charge is -2.32. The van der Waals surface area contributed by atoms with Gasteiger partial charge in [-0.2, -0.15) is 0 Å². The number of nitrogens with one attached hydrogen (secondary N) is 1. The SMILES string of the molecule is Cc1cc(Cl)c(NC(=O)ON=C2C=C(C(C)C)C(=O)C(Cl)C2(C)Cl)cc1Cl. The monoisotopic (exact) mass is 450 g/mol. The van der Waals surface area contributed by atoms with Gasteiger partial charge in [0.05, 0.1) is 10.7 Å². The highest BCUT2D eigenvalue weighted by molar-refractivity contribution is 6.51. The van der Waals surface area contributed by atoms with E-state index in [-0.39, 0.29) is 23.1 Å². The lowest BCUT2D eigenvalue weighted by molar-refractivity contribution is -0.116. The molecule has 5 nitrogen and oxygen atoms in total. The van der Waals surface area contributed by atoms with Gasteiger partial charge in [0, 0.05) is 10.6 Å². The number of nitrogens with zero attached hydrogens (tertiary/aromatic N) is 1. The number of aryl methyl sites for hydroxylation is 1. The number of Topliss-reactive ketones (excluding diaryl/α,β-unsaturated/α-hetero) is 1. The number of halogens is 4. The Balaban J connectivity index is 2.24. The van der Waals surface area contributed by atoms with Crippen molar-refractivity contribution in [2.45, 2.75) is 37.9 Å². The molecule has 1 aromatic carbocycles. The third-order valence-electron chi connectivity index (χ3n) is 4.12. The molecule has 1 N–H and O–H groups in total. The van der Waals surface area contributed by atoms with Crippen LogP contribution >= 0.6 is 46.4 Å². The fourth-order valence-electron chi connectivity index (χ4n) is 2.41. The summed E-state index contributed by atoms with van der Waals surface area (Å²) >= 11 is 24.7. The highest BCUT2D eigenvalue weighted by Gasteiger charge is 2.45. The molecule has 27 heavy (non-hydrogen) atoms. The first kappa shape index (κ1) is 22.0. The van der Waals surface area contributed by atoms with Crippen LogP contribution in [-0.2, 0) is 9.63 Å². The predicted octanol–water partition coefficient (Wildman–Crippen LogP) is 5.98. The molecule has 0 aliphatic heterocycles. The minimum absolute atomic E-state index is 0.0842. The number of rotatable bonds is 3. The Morgan fingerprint density at radius 1 is 1.30 bits per heavy atom. The number of benzene rings is 1. The number of carbonyl (C=O) groups excluding carboxylic acids is 2. The average Bonchev–Trinajstić information content (AvgIpc) is 2.56. The summed E-state index contributed by atoms with van der Waals surface area (Å²) in [4.78, 5) is 28.0. The van der Waals surface area contributed by atoms with E-state index in [9.17, 15) is 9.59 Å². The fraction of sp³-hybridized carbons (Fsp3) is 0.389. The molecule has 0 spiro atoms. The first-order valence-electron chi connectivity index (χ1n) is 8.06. The largest absolute Gasteiger partial charge is 0.437 e. The summed E-state index contributed by atoms with van der Waals surface area (Å²) in [5.41, 5.74) is 1.68. The van der Waals surface area contributed by atoms with Crippen LogP contribution in [0.4, 0.5) is 10.5 Å². The van der Waals surface area contributed by atoms with Crippen molar-refractivity contribution in [3.8, 4) is 0 Å². The predicted molar refractivity (Wildman–Crippen MR) is 111 cm³/mol. The van der Waals surface area contributed by atoms with Gasteiger partial charge in [-0.3, -0.25) is 14.9 Å². The maximum absolute atomic E-state index is 12.3. The molecule has 2 atom stereocenters. The smallest absolute Gasteiger partial charge is 0.297 e. The van der Waals surface area contributed by atoms with Gasteiger partial charge in [0.15, 0.2) is 5.78 Å². The molecule has 0 fully saturated rings. The molecule has 1 aliphatic carbocycles. The maximum Gasteiger partial charge on any atom is 0.437 e. The van der Waals surface area contributed by atoms with E-state index in [1.807, 2.05) is 13.8 Å². The minimum atomic E-state index is -1.32. The molecule has 2 unspecified atom stereocenters. The molecule has 0 bridgehead atoms. The summed E-state index contributed by atoms with van der Waals surface area (Å²) in [5, 5.41) is 5.96. The molecule has 1 amide bonds. The van der Waals surface area contributed by atoms with E-state index in [2.05, 4.69) is 10.5 Å². The van der Waals surface area contributed by atoms with Gasteiger partial charge in [-0.15, -0.1) is 23.2 Å². The molecule has 146 valence electrons. The molecule has 0 heterocycles. The summed E-state index contributed by atoms with van der Waals surface area (Å²) in [7, 11) is 0. The van der Waals surface area contributed by atoms with Crippen LogP contribution in [0.15, 0.2) is 28.9 Å². The number of hydrogen-bond acceptors (Lipinski definition) is 4. The Kier molecular flexibility index (Phi) is 6.85. The molecule has 0 radical (unpaired) electrons. The van der Waals surface area contributed by atoms with Gasteiger partial charge >= 0.3 is 6.09 Å². The Morgan fingerprint density at radius 2 is 1.93 bits per heavy atom. The van der Waals surface area contributed by atoms with Gasteiger partial charge in [0.2, 0.25) is 0 Å². The number of allylic oxidation sites excluding steroid dienone is 2. The quantitative estimate of drug-likeness (QED) is 0.349. The molecule has 1 aromatic rings. The van der Waals surface area contributed by atoms with Crippen molar-refractivity contribution in [2.24, 2.45) is 11.1 Å². The molecular formula is C18H18Cl4N2O3. The van der Waals surface area contributed by atoms with Crippen molar-refractivity contribution in [1.82, 2.24) is 0 Å². The lowest BCUT2D eigenvalue weighted by Crippen LogP contribution is -2.47. The zero-order valence-electron chi connectivity index (χ0n) is 15.1. The zero-order valence-corrected chi connectivity index (χ0v) is 18.1. The van der Waals surface area contributed by atoms with Crippen LogP contribution < -0.4 is 5.32 Å². The van der Waals surface area contributed by atoms with Crippen LogP contribution in [0, 0.1) is 12.8 Å². The molecule has 0 saturated carbocycles. The van der Waals surface area contributed by atoms with E-state index in [0.717, 1.165) is 5.56 Å². The Morgan fingerprint density at radius 3 is 2.52 bits per heavy atom. The van der Waals surface area contributed by atoms with Crippen LogP contribution in [-0.4, -0.2) is 27.8 Å². The van der Waals surface area contributed by atoms with Crippen LogP contribution in [0.1, 0.15) is 26.3 Å². The van der Waals surface area contributed by atoms with Gasteiger partial charge in [0.25, 0.3) is 0 Å². The zero-order chi connectivity index (χ0) is 20.5. The molecular weight excluding hydrogens is 434 g/mol. The fourth-order valence-corrected chi connectivity index (χ4v) is 3.27. The maximum atomic E-state index is 12.3. The summed E-state index contributed by atoms with van der Waals surface area (Å²) < 4.78 is 0. The average molecular weight is 452 g/mol. The number of alkyl halides is 2. The van der Waals surface area contributed by atoms with Gasteiger partial charge in [-0.05, 0) is 43.5 Å². The molecule has 0 aromatic heterocycles. The number of ketones is 1. The Hall–Kier alpha value is -1.27. The summed E-state index contributed by atoms with van der Waals surface area (Å²) in [5.74, 6) is -0.354. The summed E-state index contributed by atoms with van der Waals surface area (Å²) in [6, 6.07) is 3.12. The third kappa shape index (κ3) is 4.77. The number of hydrogen-bond donors (Lipinski definition) is 1. The van der Waals surface area contributed by atoms with Crippen LogP contribution in [0.25, 0.3) is 0 Å². The van der Waals surface area contributed by atoms with Crippen molar-refractivity contribution in [1.29, 1.82) is 0 Å². The van der Waals surface area contributed by atoms with Crippen molar-refractivity contribution >= 4 is 69.7 Å². The number of amides is 1. The van der Waals surface area contributed by atoms with E-state index in [1.165, 1.54) is 19.1 Å². The minimum Gasteiger partial charge on any atom is -0.297 e. The van der Waals surface area contributed by atoms with Gasteiger partial charge in [0.1, 0.15) is 16.0 Å². The molecule has 2 rings (SSSR count). The Bertz CT molecular complexity index is 847. The van der Waals surface area contributed by atoms with Gasteiger partial charge in [-0.1, -0.05) is 42.2 Å². The second-order valence-corrected chi connectivity index (χ2v) is 8.65. The van der Waals surface area contributed by atoms with E-state index < -0.39 is 16.3 Å². The second kappa shape index (κ2) is 8.39. The molecule has 0 saturated heterocycles. The summed E-state index contributed by atoms with van der Waals surface area (Å²) in [6.45, 7) is 7.01. The highest BCUT2D eigenvalue weighted by Crippen LogP contribution is 2.35. The highest BCUT2D eigenvalue weighted by atomic mass is 35.5. The Labute approximate surface area is 177 Å². The first-order chi connectivity index (χ1) is 12.4. The number of oxime groups is 1. The third-order valence-corrected chi connectivity index (χ3v) is 6.00. The number of carbonyl (C=O) groups is 2. The van der Waals surface area contributed by atoms with Crippen molar-refractivity contribution < 1.29 is 14.4 Å². The standard InChI is InChI=1S/C18H18Cl4N2O3/c1-8(2)10-6-14(18(4,22)16(21)15(10)25)24-27-17(26)23-13-7-11(19)9(3)5-12(13)20/h5-8,16H,1-4H3,(H,23,26). The second-order valence-electron chi connectivity index (χ2n) is 6.62. The van der Waals surface area contributed by atoms with E-state index in [4.69, 9.17) is 51.2 Å². The van der Waals surface area contributed by atoms with Crippen LogP contribution in [0.3, 0.4) is 0 Å². The topological polar surface area (TPSA) is 67.8 Å². The van der Waals surface area contributed by atoms with E-state index in [0.29, 0.717) is 15.6 Å². The van der Waals surface area contributed by atoms with Crippen molar-refractivity contribution in [3.63, 3.8) is 0 Å². The van der Waals surface area contributed by atoms with Gasteiger partial charge < -0.3 is 0 Å². The van der Waals surface area contributed by atoms with E-state index in [1.54, 1.807) is 13.0 Å². The molecule has 9 heteroatoms. The number of anilines is 1.